The van der Waals surface area contributed by atoms with Crippen molar-refractivity contribution in [3.63, 3.8) is 0 Å². The number of nitrogens with zero attached hydrogens (tertiary/aromatic N) is 2. The Hall–Kier alpha value is -2.98. The zero-order valence-corrected chi connectivity index (χ0v) is 18.3. The van der Waals surface area contributed by atoms with Gasteiger partial charge in [-0.2, -0.15) is 4.31 Å². The fraction of sp³-hybridized carbons (Fsp3) is 0.381. The number of hydrogen-bond acceptors (Lipinski definition) is 6. The molecule has 0 saturated carbocycles. The summed E-state index contributed by atoms with van der Waals surface area (Å²) < 4.78 is 33.2. The van der Waals surface area contributed by atoms with E-state index in [4.69, 9.17) is 4.74 Å². The summed E-state index contributed by atoms with van der Waals surface area (Å²) in [6.07, 6.45) is 5.62. The van der Waals surface area contributed by atoms with Gasteiger partial charge in [0.2, 0.25) is 15.9 Å². The predicted octanol–water partition coefficient (Wildman–Crippen LogP) is 2.02. The lowest BCUT2D eigenvalue weighted by Crippen LogP contribution is -2.42. The highest BCUT2D eigenvalue weighted by Crippen LogP contribution is 2.31. The minimum atomic E-state index is -3.84. The summed E-state index contributed by atoms with van der Waals surface area (Å²) in [5, 5.41) is 5.11. The molecule has 0 aliphatic carbocycles. The van der Waals surface area contributed by atoms with Crippen LogP contribution in [-0.2, 0) is 14.8 Å². The second-order valence-corrected chi connectivity index (χ2v) is 9.16. The maximum absolute atomic E-state index is 13.3. The molecule has 9 nitrogen and oxygen atoms in total. The summed E-state index contributed by atoms with van der Waals surface area (Å²) in [7, 11) is -2.45. The van der Waals surface area contributed by atoms with Crippen molar-refractivity contribution < 1.29 is 22.7 Å². The van der Waals surface area contributed by atoms with E-state index in [1.165, 1.54) is 35.8 Å². The van der Waals surface area contributed by atoms with E-state index >= 15 is 0 Å². The van der Waals surface area contributed by atoms with Crippen molar-refractivity contribution in [2.24, 2.45) is 0 Å². The quantitative estimate of drug-likeness (QED) is 0.672. The highest BCUT2D eigenvalue weighted by molar-refractivity contribution is 7.89. The number of carbonyl (C=O) groups is 2. The Morgan fingerprint density at radius 2 is 2.06 bits per heavy atom. The van der Waals surface area contributed by atoms with E-state index < -0.39 is 21.8 Å². The number of hydrogen-bond donors (Lipinski definition) is 2. The Bertz CT molecular complexity index is 1040. The van der Waals surface area contributed by atoms with Crippen molar-refractivity contribution in [3.8, 4) is 5.75 Å². The van der Waals surface area contributed by atoms with Crippen LogP contribution in [0.4, 0.5) is 5.69 Å². The number of rotatable bonds is 7. The van der Waals surface area contributed by atoms with E-state index in [9.17, 15) is 18.0 Å². The van der Waals surface area contributed by atoms with Crippen LogP contribution >= 0.6 is 0 Å². The highest BCUT2D eigenvalue weighted by Gasteiger charge is 2.33. The molecule has 2 N–H and O–H groups in total. The molecule has 1 atom stereocenters. The number of pyridine rings is 1. The fourth-order valence-corrected chi connectivity index (χ4v) is 5.36. The average molecular weight is 447 g/mol. The summed E-state index contributed by atoms with van der Waals surface area (Å²) in [5.41, 5.74) is 0.633. The van der Waals surface area contributed by atoms with Crippen LogP contribution in [0, 0.1) is 0 Å². The molecule has 0 bridgehead atoms. The average Bonchev–Trinajstić information content (AvgIpc) is 2.78. The van der Waals surface area contributed by atoms with Gasteiger partial charge in [-0.25, -0.2) is 8.42 Å². The SMILES string of the molecule is COc1ccc(C(=O)NCC(=O)Nc2cccnc2)cc1S(=O)(=O)N1CCCCC1C. The number of aromatic nitrogens is 1. The smallest absolute Gasteiger partial charge is 0.251 e. The Morgan fingerprint density at radius 3 is 2.74 bits per heavy atom. The number of anilines is 1. The van der Waals surface area contributed by atoms with Gasteiger partial charge in [0.15, 0.2) is 0 Å². The summed E-state index contributed by atoms with van der Waals surface area (Å²) >= 11 is 0. The summed E-state index contributed by atoms with van der Waals surface area (Å²) in [6, 6.07) is 7.44. The topological polar surface area (TPSA) is 118 Å². The molecule has 166 valence electrons. The monoisotopic (exact) mass is 446 g/mol. The third-order valence-electron chi connectivity index (χ3n) is 5.11. The van der Waals surface area contributed by atoms with Gasteiger partial charge in [-0.15, -0.1) is 0 Å². The van der Waals surface area contributed by atoms with Crippen molar-refractivity contribution in [3.05, 3.63) is 48.3 Å². The lowest BCUT2D eigenvalue weighted by Gasteiger charge is -2.32. The minimum Gasteiger partial charge on any atom is -0.495 e. The number of ether oxygens (including phenoxy) is 1. The number of amides is 2. The Balaban J connectivity index is 1.75. The van der Waals surface area contributed by atoms with Crippen molar-refractivity contribution in [2.75, 3.05) is 25.5 Å². The van der Waals surface area contributed by atoms with Crippen LogP contribution in [0.1, 0.15) is 36.5 Å². The van der Waals surface area contributed by atoms with Crippen LogP contribution < -0.4 is 15.4 Å². The molecule has 1 aromatic carbocycles. The van der Waals surface area contributed by atoms with Gasteiger partial charge < -0.3 is 15.4 Å². The number of methoxy groups -OCH3 is 1. The number of sulfonamides is 1. The number of benzene rings is 1. The molecule has 1 fully saturated rings. The summed E-state index contributed by atoms with van der Waals surface area (Å²) in [4.78, 5) is 28.4. The van der Waals surface area contributed by atoms with E-state index in [0.717, 1.165) is 19.3 Å². The van der Waals surface area contributed by atoms with E-state index in [0.29, 0.717) is 12.2 Å². The zero-order valence-electron chi connectivity index (χ0n) is 17.5. The number of piperidine rings is 1. The van der Waals surface area contributed by atoms with Crippen LogP contribution in [0.15, 0.2) is 47.6 Å². The lowest BCUT2D eigenvalue weighted by atomic mass is 10.1. The molecule has 2 amide bonds. The van der Waals surface area contributed by atoms with Crippen molar-refractivity contribution >= 4 is 27.5 Å². The van der Waals surface area contributed by atoms with Crippen molar-refractivity contribution in [2.45, 2.75) is 37.1 Å². The zero-order chi connectivity index (χ0) is 22.4. The van der Waals surface area contributed by atoms with Crippen LogP contribution in [0.25, 0.3) is 0 Å². The molecule has 2 aromatic rings. The minimum absolute atomic E-state index is 0.0591. The van der Waals surface area contributed by atoms with Crippen LogP contribution in [0.2, 0.25) is 0 Å². The van der Waals surface area contributed by atoms with Crippen molar-refractivity contribution in [1.82, 2.24) is 14.6 Å². The van der Waals surface area contributed by atoms with Crippen LogP contribution in [-0.4, -0.2) is 55.8 Å². The highest BCUT2D eigenvalue weighted by atomic mass is 32.2. The Kier molecular flexibility index (Phi) is 7.24. The van der Waals surface area contributed by atoms with Crippen LogP contribution in [0.3, 0.4) is 0 Å². The Morgan fingerprint density at radius 1 is 1.26 bits per heavy atom. The lowest BCUT2D eigenvalue weighted by molar-refractivity contribution is -0.115. The molecule has 10 heteroatoms. The van der Waals surface area contributed by atoms with Gasteiger partial charge in [0, 0.05) is 24.3 Å². The van der Waals surface area contributed by atoms with E-state index in [1.54, 1.807) is 18.3 Å². The molecular formula is C21H26N4O5S. The van der Waals surface area contributed by atoms with E-state index in [1.807, 2.05) is 6.92 Å². The summed E-state index contributed by atoms with van der Waals surface area (Å²) in [6.45, 7) is 2.03. The van der Waals surface area contributed by atoms with Crippen LogP contribution in [0.5, 0.6) is 5.75 Å². The first-order chi connectivity index (χ1) is 14.8. The van der Waals surface area contributed by atoms with Gasteiger partial charge >= 0.3 is 0 Å². The van der Waals surface area contributed by atoms with Gasteiger partial charge in [-0.3, -0.25) is 14.6 Å². The van der Waals surface area contributed by atoms with Gasteiger partial charge in [-0.05, 0) is 50.1 Å². The molecule has 1 saturated heterocycles. The van der Waals surface area contributed by atoms with E-state index in [2.05, 4.69) is 15.6 Å². The molecule has 31 heavy (non-hydrogen) atoms. The normalized spacial score (nSPS) is 17.0. The molecule has 0 spiro atoms. The number of nitrogens with one attached hydrogen (secondary N) is 2. The first-order valence-electron chi connectivity index (χ1n) is 10.0. The fourth-order valence-electron chi connectivity index (χ4n) is 3.48. The molecule has 0 radical (unpaired) electrons. The Labute approximate surface area is 181 Å². The van der Waals surface area contributed by atoms with Gasteiger partial charge in [0.1, 0.15) is 10.6 Å². The maximum atomic E-state index is 13.3. The maximum Gasteiger partial charge on any atom is 0.251 e. The molecule has 1 aliphatic rings. The first kappa shape index (κ1) is 22.7. The first-order valence-corrected chi connectivity index (χ1v) is 11.4. The van der Waals surface area contributed by atoms with Crippen molar-refractivity contribution in [1.29, 1.82) is 0 Å². The molecule has 3 rings (SSSR count). The molecule has 2 heterocycles. The third-order valence-corrected chi connectivity index (χ3v) is 7.14. The largest absolute Gasteiger partial charge is 0.495 e. The van der Waals surface area contributed by atoms with E-state index in [-0.39, 0.29) is 28.8 Å². The number of carbonyl (C=O) groups excluding carboxylic acids is 2. The van der Waals surface area contributed by atoms with Gasteiger partial charge in [-0.1, -0.05) is 6.42 Å². The molecule has 1 unspecified atom stereocenters. The third kappa shape index (κ3) is 5.39. The summed E-state index contributed by atoms with van der Waals surface area (Å²) in [5.74, 6) is -0.819. The predicted molar refractivity (Wildman–Crippen MR) is 115 cm³/mol. The standard InChI is InChI=1S/C21H26N4O5S/c1-15-6-3-4-11-25(15)31(28,29)19-12-16(8-9-18(19)30-2)21(27)23-14-20(26)24-17-7-5-10-22-13-17/h5,7-10,12-13,15H,3-4,6,11,14H2,1-2H3,(H,23,27)(H,24,26). The second-order valence-electron chi connectivity index (χ2n) is 7.30. The molecular weight excluding hydrogens is 420 g/mol. The second kappa shape index (κ2) is 9.88. The van der Waals surface area contributed by atoms with Gasteiger partial charge in [0.05, 0.1) is 25.5 Å². The molecule has 1 aliphatic heterocycles. The van der Waals surface area contributed by atoms with Gasteiger partial charge in [0.25, 0.3) is 5.91 Å². The molecule has 1 aromatic heterocycles.